The molecule has 0 rings (SSSR count). The Bertz CT molecular complexity index is 94.5. The maximum atomic E-state index is 10.3. The van der Waals surface area contributed by atoms with Crippen LogP contribution in [0.2, 0.25) is 0 Å². The van der Waals surface area contributed by atoms with E-state index in [1.165, 1.54) is 6.92 Å². The van der Waals surface area contributed by atoms with E-state index in [1.807, 2.05) is 13.8 Å². The fourth-order valence-corrected chi connectivity index (χ4v) is 0.564. The Morgan fingerprint density at radius 3 is 2.33 bits per heavy atom. The van der Waals surface area contributed by atoms with Crippen molar-refractivity contribution < 1.29 is 9.53 Å². The van der Waals surface area contributed by atoms with E-state index in [9.17, 15) is 4.79 Å². The van der Waals surface area contributed by atoms with E-state index >= 15 is 0 Å². The molecule has 0 aromatic rings. The summed E-state index contributed by atoms with van der Waals surface area (Å²) in [4.78, 5) is 10.3. The molecule has 2 N–H and O–H groups in total. The molecule has 3 heteroatoms. The van der Waals surface area contributed by atoms with Gasteiger partial charge >= 0.3 is 0 Å². The van der Waals surface area contributed by atoms with Crippen LogP contribution >= 0.6 is 0 Å². The molecule has 0 aromatic carbocycles. The third-order valence-corrected chi connectivity index (χ3v) is 1.05. The first-order chi connectivity index (χ1) is 5.77. The van der Waals surface area contributed by atoms with Crippen molar-refractivity contribution in [2.75, 3.05) is 19.8 Å². The predicted octanol–water partition coefficient (Wildman–Crippen LogP) is 1.36. The average molecular weight is 175 g/mol. The molecule has 0 atom stereocenters. The zero-order valence-electron chi connectivity index (χ0n) is 8.43. The van der Waals surface area contributed by atoms with E-state index in [2.05, 4.69) is 0 Å². The molecule has 0 unspecified atom stereocenters. The van der Waals surface area contributed by atoms with Crippen LogP contribution in [0.25, 0.3) is 0 Å². The molecule has 0 amide bonds. The number of hydrogen-bond acceptors (Lipinski definition) is 3. The lowest BCUT2D eigenvalue weighted by molar-refractivity contribution is -0.121. The normalized spacial score (nSPS) is 8.67. The van der Waals surface area contributed by atoms with Gasteiger partial charge in [0.1, 0.15) is 6.61 Å². The Hall–Kier alpha value is -0.410. The van der Waals surface area contributed by atoms with Crippen molar-refractivity contribution in [3.8, 4) is 0 Å². The van der Waals surface area contributed by atoms with Gasteiger partial charge in [-0.25, -0.2) is 0 Å². The number of nitrogens with two attached hydrogens (primary N) is 1. The van der Waals surface area contributed by atoms with E-state index in [1.54, 1.807) is 0 Å². The van der Waals surface area contributed by atoms with Gasteiger partial charge in [-0.2, -0.15) is 0 Å². The first-order valence-corrected chi connectivity index (χ1v) is 4.54. The van der Waals surface area contributed by atoms with Gasteiger partial charge in [0.15, 0.2) is 5.78 Å². The number of ketones is 1. The topological polar surface area (TPSA) is 52.3 Å². The fraction of sp³-hybridized carbons (Fsp3) is 0.889. The molecule has 3 nitrogen and oxygen atoms in total. The molecule has 12 heavy (non-hydrogen) atoms. The first kappa shape index (κ1) is 14.1. The van der Waals surface area contributed by atoms with Crippen LogP contribution in [0.15, 0.2) is 0 Å². The minimum absolute atomic E-state index is 0.0766. The second-order valence-corrected chi connectivity index (χ2v) is 2.25. The van der Waals surface area contributed by atoms with Crippen LogP contribution in [0.3, 0.4) is 0 Å². The van der Waals surface area contributed by atoms with Crippen molar-refractivity contribution in [1.82, 2.24) is 0 Å². The summed E-state index contributed by atoms with van der Waals surface area (Å²) >= 11 is 0. The Morgan fingerprint density at radius 2 is 1.92 bits per heavy atom. The number of carbonyl (C=O) groups excluding carboxylic acids is 1. The molecule has 0 aliphatic rings. The van der Waals surface area contributed by atoms with Crippen LogP contribution < -0.4 is 5.73 Å². The summed E-state index contributed by atoms with van der Waals surface area (Å²) in [6, 6.07) is 0. The Kier molecular flexibility index (Phi) is 15.5. The first-order valence-electron chi connectivity index (χ1n) is 4.54. The van der Waals surface area contributed by atoms with E-state index < -0.39 is 0 Å². The van der Waals surface area contributed by atoms with Gasteiger partial charge in [-0.3, -0.25) is 4.79 Å². The highest BCUT2D eigenvalue weighted by molar-refractivity contribution is 5.76. The molecule has 0 aliphatic heterocycles. The third-order valence-electron chi connectivity index (χ3n) is 1.05. The molecule has 0 saturated heterocycles. The number of ether oxygens (including phenoxy) is 1. The maximum absolute atomic E-state index is 10.3. The van der Waals surface area contributed by atoms with Gasteiger partial charge in [0.2, 0.25) is 0 Å². The number of hydrogen-bond donors (Lipinski definition) is 1. The van der Waals surface area contributed by atoms with Crippen molar-refractivity contribution in [2.24, 2.45) is 5.73 Å². The summed E-state index contributed by atoms with van der Waals surface area (Å²) in [5.41, 5.74) is 5.25. The van der Waals surface area contributed by atoms with Crippen LogP contribution in [0.5, 0.6) is 0 Å². The lowest BCUT2D eigenvalue weighted by Gasteiger charge is -1.98. The van der Waals surface area contributed by atoms with E-state index in [-0.39, 0.29) is 12.4 Å². The molecular weight excluding hydrogens is 154 g/mol. The van der Waals surface area contributed by atoms with Crippen LogP contribution in [0, 0.1) is 0 Å². The predicted molar refractivity (Wildman–Crippen MR) is 51.1 cm³/mol. The van der Waals surface area contributed by atoms with Crippen molar-refractivity contribution in [2.45, 2.75) is 33.6 Å². The Morgan fingerprint density at radius 1 is 1.33 bits per heavy atom. The molecule has 0 saturated carbocycles. The Labute approximate surface area is 75.3 Å². The molecule has 0 radical (unpaired) electrons. The van der Waals surface area contributed by atoms with Gasteiger partial charge < -0.3 is 10.5 Å². The fourth-order valence-electron chi connectivity index (χ4n) is 0.564. The minimum Gasteiger partial charge on any atom is -0.374 e. The molecule has 0 fully saturated rings. The SMILES string of the molecule is CC.CC(=O)COCCCCN. The van der Waals surface area contributed by atoms with Crippen molar-refractivity contribution in [1.29, 1.82) is 0 Å². The highest BCUT2D eigenvalue weighted by atomic mass is 16.5. The molecule has 0 aromatic heterocycles. The van der Waals surface area contributed by atoms with Crippen LogP contribution in [0.4, 0.5) is 0 Å². The van der Waals surface area contributed by atoms with Gasteiger partial charge in [-0.15, -0.1) is 0 Å². The van der Waals surface area contributed by atoms with Gasteiger partial charge in [-0.05, 0) is 26.3 Å². The highest BCUT2D eigenvalue weighted by Gasteiger charge is 1.91. The number of Topliss-reactive ketones (excluding diaryl/α,β-unsaturated/α-hetero) is 1. The average Bonchev–Trinajstić information content (AvgIpc) is 2.07. The second kappa shape index (κ2) is 13.2. The maximum Gasteiger partial charge on any atom is 0.155 e. The van der Waals surface area contributed by atoms with Gasteiger partial charge in [0.25, 0.3) is 0 Å². The minimum atomic E-state index is 0.0766. The number of rotatable bonds is 6. The Balaban J connectivity index is 0. The summed E-state index contributed by atoms with van der Waals surface area (Å²) in [5, 5.41) is 0. The summed E-state index contributed by atoms with van der Waals surface area (Å²) in [5.74, 6) is 0.0766. The van der Waals surface area contributed by atoms with Crippen molar-refractivity contribution in [3.63, 3.8) is 0 Å². The largest absolute Gasteiger partial charge is 0.374 e. The van der Waals surface area contributed by atoms with Crippen molar-refractivity contribution >= 4 is 5.78 Å². The number of unbranched alkanes of at least 4 members (excludes halogenated alkanes) is 1. The van der Waals surface area contributed by atoms with Crippen LogP contribution in [-0.4, -0.2) is 25.5 Å². The van der Waals surface area contributed by atoms with Crippen molar-refractivity contribution in [3.05, 3.63) is 0 Å². The molecule has 0 heterocycles. The quantitative estimate of drug-likeness (QED) is 0.620. The van der Waals surface area contributed by atoms with Gasteiger partial charge in [0, 0.05) is 6.61 Å². The summed E-state index contributed by atoms with van der Waals surface area (Å²) < 4.78 is 4.99. The van der Waals surface area contributed by atoms with Crippen LogP contribution in [-0.2, 0) is 9.53 Å². The summed E-state index contributed by atoms with van der Waals surface area (Å²) in [7, 11) is 0. The molecule has 0 spiro atoms. The smallest absolute Gasteiger partial charge is 0.155 e. The zero-order chi connectivity index (χ0) is 9.82. The monoisotopic (exact) mass is 175 g/mol. The standard InChI is InChI=1S/C7H15NO2.C2H6/c1-7(9)6-10-5-3-2-4-8;1-2/h2-6,8H2,1H3;1-2H3. The van der Waals surface area contributed by atoms with Gasteiger partial charge in [0.05, 0.1) is 0 Å². The summed E-state index contributed by atoms with van der Waals surface area (Å²) in [6.45, 7) is 7.10. The highest BCUT2D eigenvalue weighted by Crippen LogP contribution is 1.86. The molecule has 0 bridgehead atoms. The summed E-state index contributed by atoms with van der Waals surface area (Å²) in [6.07, 6.45) is 1.92. The van der Waals surface area contributed by atoms with Crippen LogP contribution in [0.1, 0.15) is 33.6 Å². The lowest BCUT2D eigenvalue weighted by Crippen LogP contribution is -2.06. The zero-order valence-corrected chi connectivity index (χ0v) is 8.43. The molecule has 74 valence electrons. The van der Waals surface area contributed by atoms with E-state index in [4.69, 9.17) is 10.5 Å². The van der Waals surface area contributed by atoms with E-state index in [0.717, 1.165) is 12.8 Å². The lowest BCUT2D eigenvalue weighted by atomic mass is 10.3. The molecular formula is C9H21NO2. The number of carbonyl (C=O) groups is 1. The van der Waals surface area contributed by atoms with Gasteiger partial charge in [-0.1, -0.05) is 13.8 Å². The third kappa shape index (κ3) is 16.3. The molecule has 0 aliphatic carbocycles. The second-order valence-electron chi connectivity index (χ2n) is 2.25. The van der Waals surface area contributed by atoms with E-state index in [0.29, 0.717) is 13.2 Å².